The fraction of sp³-hybridized carbons (Fsp3) is 0.438. The second-order valence-electron chi connectivity index (χ2n) is 5.87. The molecule has 1 aromatic carbocycles. The lowest BCUT2D eigenvalue weighted by molar-refractivity contribution is 0.0595. The lowest BCUT2D eigenvalue weighted by Gasteiger charge is -2.34. The number of halogens is 2. The monoisotopic (exact) mass is 320 g/mol. The van der Waals surface area contributed by atoms with Gasteiger partial charge in [-0.15, -0.1) is 0 Å². The van der Waals surface area contributed by atoms with E-state index < -0.39 is 17.5 Å². The first-order valence-electron chi connectivity index (χ1n) is 7.63. The highest BCUT2D eigenvalue weighted by Gasteiger charge is 2.32. The number of nitrogens with one attached hydrogen (secondary N) is 1. The van der Waals surface area contributed by atoms with Crippen molar-refractivity contribution in [3.8, 4) is 0 Å². The van der Waals surface area contributed by atoms with E-state index in [1.54, 1.807) is 11.8 Å². The lowest BCUT2D eigenvalue weighted by atomic mass is 9.99. The van der Waals surface area contributed by atoms with Gasteiger partial charge in [0.25, 0.3) is 5.91 Å². The SMILES string of the molecule is Cc1nc([C@H]2CCCCN2C(=O)c2cc(F)c(C)cc2F)n[nH]1. The Morgan fingerprint density at radius 1 is 1.26 bits per heavy atom. The van der Waals surface area contributed by atoms with Gasteiger partial charge in [-0.1, -0.05) is 0 Å². The highest BCUT2D eigenvalue weighted by molar-refractivity contribution is 5.95. The van der Waals surface area contributed by atoms with Crippen LogP contribution in [0.15, 0.2) is 12.1 Å². The smallest absolute Gasteiger partial charge is 0.257 e. The summed E-state index contributed by atoms with van der Waals surface area (Å²) >= 11 is 0. The summed E-state index contributed by atoms with van der Waals surface area (Å²) in [6, 6.07) is 1.71. The van der Waals surface area contributed by atoms with Gasteiger partial charge >= 0.3 is 0 Å². The summed E-state index contributed by atoms with van der Waals surface area (Å²) in [6.45, 7) is 3.72. The fourth-order valence-electron chi connectivity index (χ4n) is 2.92. The van der Waals surface area contributed by atoms with Crippen LogP contribution in [0.4, 0.5) is 8.78 Å². The Kier molecular flexibility index (Phi) is 4.11. The molecule has 23 heavy (non-hydrogen) atoms. The fourth-order valence-corrected chi connectivity index (χ4v) is 2.92. The highest BCUT2D eigenvalue weighted by Crippen LogP contribution is 2.31. The normalized spacial score (nSPS) is 18.3. The van der Waals surface area contributed by atoms with Crippen LogP contribution in [0, 0.1) is 25.5 Å². The number of nitrogens with zero attached hydrogens (tertiary/aromatic N) is 3. The van der Waals surface area contributed by atoms with E-state index in [-0.39, 0.29) is 17.2 Å². The molecule has 1 aromatic heterocycles. The zero-order valence-electron chi connectivity index (χ0n) is 13.1. The van der Waals surface area contributed by atoms with Crippen LogP contribution in [-0.2, 0) is 0 Å². The first-order chi connectivity index (χ1) is 11.0. The number of benzene rings is 1. The van der Waals surface area contributed by atoms with Crippen LogP contribution in [-0.4, -0.2) is 32.5 Å². The van der Waals surface area contributed by atoms with Gasteiger partial charge < -0.3 is 4.90 Å². The van der Waals surface area contributed by atoms with Crippen LogP contribution in [0.25, 0.3) is 0 Å². The molecule has 0 aliphatic carbocycles. The first-order valence-corrected chi connectivity index (χ1v) is 7.63. The molecular weight excluding hydrogens is 302 g/mol. The summed E-state index contributed by atoms with van der Waals surface area (Å²) in [5.41, 5.74) is -0.0638. The average Bonchev–Trinajstić information content (AvgIpc) is 2.96. The van der Waals surface area contributed by atoms with E-state index in [1.807, 2.05) is 0 Å². The van der Waals surface area contributed by atoms with Gasteiger partial charge in [-0.05, 0) is 50.8 Å². The Balaban J connectivity index is 1.94. The standard InChI is InChI=1S/C16H18F2N4O/c1-9-7-13(18)11(8-12(9)17)16(23)22-6-4-3-5-14(22)15-19-10(2)20-21-15/h7-8,14H,3-6H2,1-2H3,(H,19,20,21)/t14-/m1/s1. The molecule has 3 rings (SSSR count). The predicted octanol–water partition coefficient (Wildman–Crippen LogP) is 3.07. The third-order valence-electron chi connectivity index (χ3n) is 4.15. The van der Waals surface area contributed by atoms with Crippen molar-refractivity contribution in [1.29, 1.82) is 0 Å². The van der Waals surface area contributed by atoms with E-state index >= 15 is 0 Å². The zero-order chi connectivity index (χ0) is 16.6. The number of H-pyrrole nitrogens is 1. The number of amides is 1. The number of piperidine rings is 1. The Hall–Kier alpha value is -2.31. The van der Waals surface area contributed by atoms with Gasteiger partial charge in [0.2, 0.25) is 0 Å². The quantitative estimate of drug-likeness (QED) is 0.925. The molecule has 0 saturated carbocycles. The van der Waals surface area contributed by atoms with Crippen molar-refractivity contribution in [3.05, 3.63) is 46.5 Å². The number of aromatic amines is 1. The minimum absolute atomic E-state index is 0.179. The van der Waals surface area contributed by atoms with Gasteiger partial charge in [0, 0.05) is 6.54 Å². The van der Waals surface area contributed by atoms with Gasteiger partial charge in [0.15, 0.2) is 5.82 Å². The molecule has 2 aromatic rings. The topological polar surface area (TPSA) is 61.9 Å². The molecule has 0 spiro atoms. The summed E-state index contributed by atoms with van der Waals surface area (Å²) in [7, 11) is 0. The lowest BCUT2D eigenvalue weighted by Crippen LogP contribution is -2.39. The van der Waals surface area contributed by atoms with E-state index in [9.17, 15) is 13.6 Å². The third-order valence-corrected chi connectivity index (χ3v) is 4.15. The third kappa shape index (κ3) is 2.95. The molecule has 1 aliphatic heterocycles. The van der Waals surface area contributed by atoms with Gasteiger partial charge in [-0.2, -0.15) is 5.10 Å². The van der Waals surface area contributed by atoms with Crippen molar-refractivity contribution >= 4 is 5.91 Å². The Morgan fingerprint density at radius 2 is 2.04 bits per heavy atom. The van der Waals surface area contributed by atoms with Crippen molar-refractivity contribution in [2.45, 2.75) is 39.2 Å². The molecule has 0 unspecified atom stereocenters. The average molecular weight is 320 g/mol. The zero-order valence-corrected chi connectivity index (χ0v) is 13.1. The van der Waals surface area contributed by atoms with E-state index in [4.69, 9.17) is 0 Å². The van der Waals surface area contributed by atoms with Crippen molar-refractivity contribution in [3.63, 3.8) is 0 Å². The Bertz CT molecular complexity index is 744. The number of aromatic nitrogens is 3. The molecule has 1 aliphatic rings. The predicted molar refractivity (Wildman–Crippen MR) is 79.8 cm³/mol. The number of carbonyl (C=O) groups excluding carboxylic acids is 1. The van der Waals surface area contributed by atoms with Crippen molar-refractivity contribution in [1.82, 2.24) is 20.1 Å². The second-order valence-corrected chi connectivity index (χ2v) is 5.87. The molecule has 0 radical (unpaired) electrons. The van der Waals surface area contributed by atoms with Gasteiger partial charge in [-0.25, -0.2) is 13.8 Å². The maximum Gasteiger partial charge on any atom is 0.257 e. The minimum Gasteiger partial charge on any atom is -0.328 e. The number of hydrogen-bond donors (Lipinski definition) is 1. The number of rotatable bonds is 2. The molecule has 122 valence electrons. The van der Waals surface area contributed by atoms with E-state index in [2.05, 4.69) is 15.2 Å². The van der Waals surface area contributed by atoms with Crippen LogP contribution in [0.5, 0.6) is 0 Å². The van der Waals surface area contributed by atoms with Crippen LogP contribution < -0.4 is 0 Å². The molecule has 1 amide bonds. The summed E-state index contributed by atoms with van der Waals surface area (Å²) in [5.74, 6) is -0.635. The van der Waals surface area contributed by atoms with Crippen LogP contribution in [0.2, 0.25) is 0 Å². The summed E-state index contributed by atoms with van der Waals surface area (Å²) in [6.07, 6.45) is 2.47. The number of aryl methyl sites for hydroxylation is 2. The molecule has 1 N–H and O–H groups in total. The number of carbonyl (C=O) groups is 1. The molecule has 1 fully saturated rings. The summed E-state index contributed by atoms with van der Waals surface area (Å²) in [4.78, 5) is 18.6. The molecular formula is C16H18F2N4O. The summed E-state index contributed by atoms with van der Waals surface area (Å²) in [5, 5.41) is 6.88. The molecule has 5 nitrogen and oxygen atoms in total. The largest absolute Gasteiger partial charge is 0.328 e. The van der Waals surface area contributed by atoms with Crippen LogP contribution in [0.3, 0.4) is 0 Å². The molecule has 1 atom stereocenters. The van der Waals surface area contributed by atoms with Crippen molar-refractivity contribution in [2.24, 2.45) is 0 Å². The van der Waals surface area contributed by atoms with Gasteiger partial charge in [0.05, 0.1) is 11.6 Å². The molecule has 1 saturated heterocycles. The van der Waals surface area contributed by atoms with E-state index in [0.29, 0.717) is 24.6 Å². The minimum atomic E-state index is -0.704. The van der Waals surface area contributed by atoms with Crippen LogP contribution >= 0.6 is 0 Å². The number of hydrogen-bond acceptors (Lipinski definition) is 3. The maximum absolute atomic E-state index is 14.1. The molecule has 0 bridgehead atoms. The Labute approximate surface area is 132 Å². The van der Waals surface area contributed by atoms with Crippen molar-refractivity contribution < 1.29 is 13.6 Å². The molecule has 7 heteroatoms. The van der Waals surface area contributed by atoms with Crippen LogP contribution in [0.1, 0.15) is 52.9 Å². The van der Waals surface area contributed by atoms with Gasteiger partial charge in [-0.3, -0.25) is 9.89 Å². The second kappa shape index (κ2) is 6.06. The van der Waals surface area contributed by atoms with E-state index in [0.717, 1.165) is 25.0 Å². The molecule has 2 heterocycles. The summed E-state index contributed by atoms with van der Waals surface area (Å²) < 4.78 is 27.9. The van der Waals surface area contributed by atoms with Crippen molar-refractivity contribution in [2.75, 3.05) is 6.54 Å². The number of likely N-dealkylation sites (tertiary alicyclic amines) is 1. The highest BCUT2D eigenvalue weighted by atomic mass is 19.1. The van der Waals surface area contributed by atoms with E-state index in [1.165, 1.54) is 6.92 Å². The maximum atomic E-state index is 14.1. The Morgan fingerprint density at radius 3 is 2.74 bits per heavy atom. The first kappa shape index (κ1) is 15.6. The van der Waals surface area contributed by atoms with Gasteiger partial charge in [0.1, 0.15) is 17.5 Å².